The van der Waals surface area contributed by atoms with E-state index in [1.165, 1.54) is 0 Å². The van der Waals surface area contributed by atoms with Crippen LogP contribution >= 0.6 is 0 Å². The maximum absolute atomic E-state index is 12.3. The molecule has 18 heavy (non-hydrogen) atoms. The minimum Gasteiger partial charge on any atom is -0.378 e. The maximum Gasteiger partial charge on any atom is 0.225 e. The number of nitrogens with two attached hydrogens (primary N) is 1. The summed E-state index contributed by atoms with van der Waals surface area (Å²) in [6.45, 7) is 6.48. The summed E-state index contributed by atoms with van der Waals surface area (Å²) in [6, 6.07) is 0. The Labute approximate surface area is 109 Å². The highest BCUT2D eigenvalue weighted by atomic mass is 16.5. The molecule has 1 amide bonds. The average molecular weight is 256 g/mol. The van der Waals surface area contributed by atoms with Crippen LogP contribution in [0.1, 0.15) is 33.1 Å². The number of hydrogen-bond donors (Lipinski definition) is 1. The molecule has 2 fully saturated rings. The zero-order valence-electron chi connectivity index (χ0n) is 11.4. The van der Waals surface area contributed by atoms with Gasteiger partial charge in [0.2, 0.25) is 5.91 Å². The molecule has 2 aliphatic heterocycles. The Morgan fingerprint density at radius 1 is 1.44 bits per heavy atom. The fourth-order valence-electron chi connectivity index (χ4n) is 2.74. The molecule has 0 bridgehead atoms. The van der Waals surface area contributed by atoms with Crippen molar-refractivity contribution in [1.82, 2.24) is 4.90 Å². The summed E-state index contributed by atoms with van der Waals surface area (Å²) in [6.07, 6.45) is 2.62. The quantitative estimate of drug-likeness (QED) is 0.799. The first-order valence-corrected chi connectivity index (χ1v) is 6.77. The van der Waals surface area contributed by atoms with Gasteiger partial charge in [-0.15, -0.1) is 0 Å². The van der Waals surface area contributed by atoms with Gasteiger partial charge in [-0.1, -0.05) is 0 Å². The molecule has 2 rings (SSSR count). The van der Waals surface area contributed by atoms with E-state index < -0.39 is 0 Å². The van der Waals surface area contributed by atoms with Crippen LogP contribution in [0.4, 0.5) is 0 Å². The van der Waals surface area contributed by atoms with E-state index in [2.05, 4.69) is 0 Å². The van der Waals surface area contributed by atoms with Crippen molar-refractivity contribution in [2.45, 2.75) is 50.9 Å². The molecule has 2 unspecified atom stereocenters. The fourth-order valence-corrected chi connectivity index (χ4v) is 2.74. The lowest BCUT2D eigenvalue weighted by molar-refractivity contribution is -0.160. The normalized spacial score (nSPS) is 31.6. The van der Waals surface area contributed by atoms with Crippen LogP contribution in [0, 0.1) is 0 Å². The Bertz CT molecular complexity index is 301. The standard InChI is InChI=1S/C13H24N2O3/c1-13(2)9-15(8-11(7-14)18-13)12(16)6-10-4-3-5-17-10/h10-11H,3-9,14H2,1-2H3. The van der Waals surface area contributed by atoms with Gasteiger partial charge in [0, 0.05) is 26.2 Å². The second kappa shape index (κ2) is 5.55. The topological polar surface area (TPSA) is 64.8 Å². The number of nitrogens with zero attached hydrogens (tertiary/aromatic N) is 1. The first kappa shape index (κ1) is 13.8. The van der Waals surface area contributed by atoms with Crippen LogP contribution in [0.15, 0.2) is 0 Å². The van der Waals surface area contributed by atoms with Crippen molar-refractivity contribution in [2.24, 2.45) is 5.73 Å². The molecular formula is C13H24N2O3. The van der Waals surface area contributed by atoms with Crippen molar-refractivity contribution >= 4 is 5.91 Å². The molecule has 0 radical (unpaired) electrons. The summed E-state index contributed by atoms with van der Waals surface area (Å²) in [5.41, 5.74) is 5.35. The first-order valence-electron chi connectivity index (χ1n) is 6.77. The molecule has 2 heterocycles. The smallest absolute Gasteiger partial charge is 0.225 e. The van der Waals surface area contributed by atoms with Gasteiger partial charge in [-0.25, -0.2) is 0 Å². The Hall–Kier alpha value is -0.650. The van der Waals surface area contributed by atoms with Gasteiger partial charge in [0.25, 0.3) is 0 Å². The number of amides is 1. The largest absolute Gasteiger partial charge is 0.378 e. The minimum absolute atomic E-state index is 0.0535. The van der Waals surface area contributed by atoms with E-state index in [-0.39, 0.29) is 23.7 Å². The van der Waals surface area contributed by atoms with E-state index in [9.17, 15) is 4.79 Å². The second-order valence-electron chi connectivity index (χ2n) is 5.85. The summed E-state index contributed by atoms with van der Waals surface area (Å²) in [7, 11) is 0. The second-order valence-corrected chi connectivity index (χ2v) is 5.85. The number of hydrogen-bond acceptors (Lipinski definition) is 4. The van der Waals surface area contributed by atoms with Gasteiger partial charge in [-0.2, -0.15) is 0 Å². The lowest BCUT2D eigenvalue weighted by Crippen LogP contribution is -2.56. The molecule has 5 heteroatoms. The third-order valence-corrected chi connectivity index (χ3v) is 3.52. The minimum atomic E-state index is -0.311. The van der Waals surface area contributed by atoms with Crippen LogP contribution in [0.25, 0.3) is 0 Å². The third-order valence-electron chi connectivity index (χ3n) is 3.52. The van der Waals surface area contributed by atoms with Crippen LogP contribution in [-0.2, 0) is 14.3 Å². The Kier molecular flexibility index (Phi) is 4.25. The molecule has 0 aromatic carbocycles. The molecule has 2 atom stereocenters. The van der Waals surface area contributed by atoms with Gasteiger partial charge in [0.1, 0.15) is 0 Å². The predicted molar refractivity (Wildman–Crippen MR) is 68.2 cm³/mol. The Morgan fingerprint density at radius 2 is 2.22 bits per heavy atom. The van der Waals surface area contributed by atoms with Crippen LogP contribution < -0.4 is 5.73 Å². The molecule has 2 N–H and O–H groups in total. The summed E-state index contributed by atoms with van der Waals surface area (Å²) >= 11 is 0. The highest BCUT2D eigenvalue weighted by Gasteiger charge is 2.35. The van der Waals surface area contributed by atoms with E-state index in [1.807, 2.05) is 18.7 Å². The SMILES string of the molecule is CC1(C)CN(C(=O)CC2CCCO2)CC(CN)O1. The predicted octanol–water partition coefficient (Wildman–Crippen LogP) is 0.520. The van der Waals surface area contributed by atoms with Crippen molar-refractivity contribution in [3.05, 3.63) is 0 Å². The van der Waals surface area contributed by atoms with Crippen LogP contribution in [0.3, 0.4) is 0 Å². The molecule has 2 saturated heterocycles. The van der Waals surface area contributed by atoms with Crippen molar-refractivity contribution in [2.75, 3.05) is 26.2 Å². The fraction of sp³-hybridized carbons (Fsp3) is 0.923. The Morgan fingerprint density at radius 3 is 2.83 bits per heavy atom. The molecule has 0 saturated carbocycles. The van der Waals surface area contributed by atoms with Gasteiger partial charge in [-0.05, 0) is 26.7 Å². The van der Waals surface area contributed by atoms with E-state index in [0.29, 0.717) is 26.1 Å². The number of ether oxygens (including phenoxy) is 2. The average Bonchev–Trinajstić information content (AvgIpc) is 2.79. The number of carbonyl (C=O) groups is 1. The molecular weight excluding hydrogens is 232 g/mol. The van der Waals surface area contributed by atoms with E-state index in [1.54, 1.807) is 0 Å². The third kappa shape index (κ3) is 3.43. The van der Waals surface area contributed by atoms with E-state index >= 15 is 0 Å². The lowest BCUT2D eigenvalue weighted by atomic mass is 10.0. The Balaban J connectivity index is 1.91. The molecule has 5 nitrogen and oxygen atoms in total. The van der Waals surface area contributed by atoms with Gasteiger partial charge in [-0.3, -0.25) is 4.79 Å². The summed E-state index contributed by atoms with van der Waals surface area (Å²) in [5.74, 6) is 0.164. The molecule has 0 aromatic rings. The van der Waals surface area contributed by atoms with Crippen LogP contribution in [0.2, 0.25) is 0 Å². The van der Waals surface area contributed by atoms with Crippen molar-refractivity contribution in [1.29, 1.82) is 0 Å². The highest BCUT2D eigenvalue weighted by molar-refractivity contribution is 5.77. The van der Waals surface area contributed by atoms with E-state index in [0.717, 1.165) is 19.4 Å². The van der Waals surface area contributed by atoms with E-state index in [4.69, 9.17) is 15.2 Å². The van der Waals surface area contributed by atoms with Crippen molar-refractivity contribution < 1.29 is 14.3 Å². The van der Waals surface area contributed by atoms with Crippen molar-refractivity contribution in [3.8, 4) is 0 Å². The molecule has 104 valence electrons. The van der Waals surface area contributed by atoms with Gasteiger partial charge < -0.3 is 20.1 Å². The molecule has 2 aliphatic rings. The summed E-state index contributed by atoms with van der Waals surface area (Å²) in [5, 5.41) is 0. The lowest BCUT2D eigenvalue weighted by Gasteiger charge is -2.42. The monoisotopic (exact) mass is 256 g/mol. The number of rotatable bonds is 3. The van der Waals surface area contributed by atoms with Crippen molar-refractivity contribution in [3.63, 3.8) is 0 Å². The van der Waals surface area contributed by atoms with Gasteiger partial charge in [0.15, 0.2) is 0 Å². The number of morpholine rings is 1. The summed E-state index contributed by atoms with van der Waals surface area (Å²) in [4.78, 5) is 14.1. The van der Waals surface area contributed by atoms with Gasteiger partial charge >= 0.3 is 0 Å². The van der Waals surface area contributed by atoms with Crippen LogP contribution in [-0.4, -0.2) is 54.9 Å². The van der Waals surface area contributed by atoms with Gasteiger partial charge in [0.05, 0.1) is 24.2 Å². The summed E-state index contributed by atoms with van der Waals surface area (Å²) < 4.78 is 11.3. The first-order chi connectivity index (χ1) is 8.50. The molecule has 0 aliphatic carbocycles. The number of carbonyl (C=O) groups excluding carboxylic acids is 1. The zero-order chi connectivity index (χ0) is 13.2. The molecule has 0 spiro atoms. The molecule has 0 aromatic heterocycles. The highest BCUT2D eigenvalue weighted by Crippen LogP contribution is 2.23. The zero-order valence-corrected chi connectivity index (χ0v) is 11.4. The van der Waals surface area contributed by atoms with Crippen LogP contribution in [0.5, 0.6) is 0 Å². The maximum atomic E-state index is 12.3.